The highest BCUT2D eigenvalue weighted by atomic mass is 15.2. The molecule has 3 heteroatoms. The molecule has 1 rings (SSSR count). The predicted molar refractivity (Wildman–Crippen MR) is 77.6 cm³/mol. The first-order valence-electron chi connectivity index (χ1n) is 6.65. The number of hydrogen-bond acceptors (Lipinski definition) is 3. The van der Waals surface area contributed by atoms with Gasteiger partial charge in [-0.05, 0) is 32.5 Å². The summed E-state index contributed by atoms with van der Waals surface area (Å²) in [6.45, 7) is 14.0. The van der Waals surface area contributed by atoms with Crippen LogP contribution in [0.3, 0.4) is 0 Å². The van der Waals surface area contributed by atoms with Crippen LogP contribution in [0.2, 0.25) is 0 Å². The summed E-state index contributed by atoms with van der Waals surface area (Å²) in [5.41, 5.74) is 2.23. The lowest BCUT2D eigenvalue weighted by Crippen LogP contribution is -2.40. The van der Waals surface area contributed by atoms with Crippen molar-refractivity contribution >= 4 is 0 Å². The van der Waals surface area contributed by atoms with E-state index in [1.54, 1.807) is 0 Å². The van der Waals surface area contributed by atoms with Gasteiger partial charge in [0.25, 0.3) is 0 Å². The van der Waals surface area contributed by atoms with Gasteiger partial charge in [-0.1, -0.05) is 19.1 Å². The van der Waals surface area contributed by atoms with Gasteiger partial charge in [-0.25, -0.2) is 0 Å². The Hall–Kier alpha value is -1.19. The van der Waals surface area contributed by atoms with Gasteiger partial charge >= 0.3 is 0 Å². The van der Waals surface area contributed by atoms with Crippen molar-refractivity contribution in [3.63, 3.8) is 0 Å². The van der Waals surface area contributed by atoms with Crippen molar-refractivity contribution in [2.75, 3.05) is 19.6 Å². The molecule has 0 spiro atoms. The number of nitrogens with zero attached hydrogens (tertiary/aromatic N) is 2. The molecule has 0 radical (unpaired) electrons. The molecule has 0 saturated carbocycles. The molecule has 1 heterocycles. The molecule has 0 amide bonds. The van der Waals surface area contributed by atoms with Crippen molar-refractivity contribution in [2.45, 2.75) is 33.4 Å². The Labute approximate surface area is 111 Å². The zero-order valence-corrected chi connectivity index (χ0v) is 11.8. The third kappa shape index (κ3) is 4.98. The van der Waals surface area contributed by atoms with Crippen LogP contribution < -0.4 is 5.32 Å². The molecular formula is C15H25N3. The second kappa shape index (κ2) is 8.01. The van der Waals surface area contributed by atoms with Gasteiger partial charge in [0.15, 0.2) is 0 Å². The first kappa shape index (κ1) is 14.9. The summed E-state index contributed by atoms with van der Waals surface area (Å²) in [6.07, 6.45) is 1.89. The lowest BCUT2D eigenvalue weighted by molar-refractivity contribution is 0.205. The van der Waals surface area contributed by atoms with Gasteiger partial charge in [0.2, 0.25) is 0 Å². The molecule has 0 aliphatic heterocycles. The summed E-state index contributed by atoms with van der Waals surface area (Å²) in [5, 5.41) is 3.37. The van der Waals surface area contributed by atoms with E-state index in [4.69, 9.17) is 0 Å². The van der Waals surface area contributed by atoms with Crippen molar-refractivity contribution < 1.29 is 0 Å². The van der Waals surface area contributed by atoms with Crippen molar-refractivity contribution in [3.8, 4) is 0 Å². The number of likely N-dealkylation sites (N-methyl/N-ethyl adjacent to an activating group) is 1. The molecule has 0 bridgehead atoms. The van der Waals surface area contributed by atoms with Gasteiger partial charge in [0, 0.05) is 31.4 Å². The van der Waals surface area contributed by atoms with Crippen LogP contribution in [-0.4, -0.2) is 35.6 Å². The quantitative estimate of drug-likeness (QED) is 0.565. The third-order valence-electron chi connectivity index (χ3n) is 3.07. The van der Waals surface area contributed by atoms with E-state index in [9.17, 15) is 0 Å². The van der Waals surface area contributed by atoms with Gasteiger partial charge in [0.1, 0.15) is 0 Å². The van der Waals surface area contributed by atoms with Crippen LogP contribution in [-0.2, 0) is 6.54 Å². The first-order valence-corrected chi connectivity index (χ1v) is 6.65. The third-order valence-corrected chi connectivity index (χ3v) is 3.07. The first-order chi connectivity index (χ1) is 8.67. The number of nitrogens with one attached hydrogen (secondary N) is 1. The molecule has 1 atom stereocenters. The Bertz CT molecular complexity index is 363. The smallest absolute Gasteiger partial charge is 0.0547 e. The summed E-state index contributed by atoms with van der Waals surface area (Å²) in [4.78, 5) is 6.99. The van der Waals surface area contributed by atoms with Crippen LogP contribution in [0.4, 0.5) is 0 Å². The molecule has 0 aliphatic rings. The lowest BCUT2D eigenvalue weighted by atomic mass is 10.2. The molecule has 1 aromatic heterocycles. The second-order valence-corrected chi connectivity index (χ2v) is 4.63. The van der Waals surface area contributed by atoms with Crippen LogP contribution in [0.25, 0.3) is 0 Å². The van der Waals surface area contributed by atoms with E-state index in [0.717, 1.165) is 37.6 Å². The van der Waals surface area contributed by atoms with Crippen molar-refractivity contribution in [3.05, 3.63) is 42.2 Å². The van der Waals surface area contributed by atoms with Crippen LogP contribution in [0.5, 0.6) is 0 Å². The van der Waals surface area contributed by atoms with E-state index >= 15 is 0 Å². The highest BCUT2D eigenvalue weighted by Gasteiger charge is 2.12. The molecule has 1 aromatic rings. The van der Waals surface area contributed by atoms with E-state index < -0.39 is 0 Å². The summed E-state index contributed by atoms with van der Waals surface area (Å²) >= 11 is 0. The van der Waals surface area contributed by atoms with Gasteiger partial charge in [-0.3, -0.25) is 9.88 Å². The molecule has 0 aromatic carbocycles. The Kier molecular flexibility index (Phi) is 6.61. The highest BCUT2D eigenvalue weighted by molar-refractivity contribution is 5.09. The maximum atomic E-state index is 4.56. The molecule has 1 N–H and O–H groups in total. The van der Waals surface area contributed by atoms with E-state index in [1.165, 1.54) is 0 Å². The summed E-state index contributed by atoms with van der Waals surface area (Å²) in [5.74, 6) is 0. The lowest BCUT2D eigenvalue weighted by Gasteiger charge is -2.27. The fraction of sp³-hybridized carbons (Fsp3) is 0.533. The van der Waals surface area contributed by atoms with Gasteiger partial charge in [0.05, 0.1) is 5.69 Å². The molecule has 0 saturated heterocycles. The Balaban J connectivity index is 2.52. The summed E-state index contributed by atoms with van der Waals surface area (Å²) < 4.78 is 0. The van der Waals surface area contributed by atoms with Crippen molar-refractivity contribution in [1.29, 1.82) is 0 Å². The number of aryl methyl sites for hydroxylation is 1. The molecule has 18 heavy (non-hydrogen) atoms. The van der Waals surface area contributed by atoms with Gasteiger partial charge in [-0.15, -0.1) is 6.58 Å². The van der Waals surface area contributed by atoms with Gasteiger partial charge < -0.3 is 5.32 Å². The van der Waals surface area contributed by atoms with E-state index in [0.29, 0.717) is 6.04 Å². The molecule has 0 aliphatic carbocycles. The molecular weight excluding hydrogens is 222 g/mol. The Morgan fingerprint density at radius 2 is 2.28 bits per heavy atom. The highest BCUT2D eigenvalue weighted by Crippen LogP contribution is 2.06. The minimum atomic E-state index is 0.497. The van der Waals surface area contributed by atoms with Crippen LogP contribution >= 0.6 is 0 Å². The van der Waals surface area contributed by atoms with Crippen molar-refractivity contribution in [2.24, 2.45) is 0 Å². The number of hydrogen-bond donors (Lipinski definition) is 1. The number of rotatable bonds is 8. The maximum absolute atomic E-state index is 4.56. The normalized spacial score (nSPS) is 12.7. The fourth-order valence-corrected chi connectivity index (χ4v) is 2.00. The number of pyridine rings is 1. The van der Waals surface area contributed by atoms with E-state index in [2.05, 4.69) is 47.8 Å². The SMILES string of the molecule is C=CCNCC(C)N(CC)Cc1cccc(C)n1. The molecule has 3 nitrogen and oxygen atoms in total. The predicted octanol–water partition coefficient (Wildman–Crippen LogP) is 2.38. The number of aromatic nitrogens is 1. The zero-order valence-electron chi connectivity index (χ0n) is 11.8. The minimum Gasteiger partial charge on any atom is -0.312 e. The summed E-state index contributed by atoms with van der Waals surface area (Å²) in [7, 11) is 0. The fourth-order valence-electron chi connectivity index (χ4n) is 2.00. The standard InChI is InChI=1S/C15H25N3/c1-5-10-16-11-14(4)18(6-2)12-15-9-7-8-13(3)17-15/h5,7-9,14,16H,1,6,10-12H2,2-4H3. The zero-order chi connectivity index (χ0) is 13.4. The second-order valence-electron chi connectivity index (χ2n) is 4.63. The largest absolute Gasteiger partial charge is 0.312 e. The van der Waals surface area contributed by atoms with Crippen molar-refractivity contribution in [1.82, 2.24) is 15.2 Å². The van der Waals surface area contributed by atoms with Crippen LogP contribution in [0.1, 0.15) is 25.2 Å². The van der Waals surface area contributed by atoms with Crippen LogP contribution in [0, 0.1) is 6.92 Å². The minimum absolute atomic E-state index is 0.497. The average Bonchev–Trinajstić information content (AvgIpc) is 2.36. The monoisotopic (exact) mass is 247 g/mol. The van der Waals surface area contributed by atoms with E-state index in [-0.39, 0.29) is 0 Å². The average molecular weight is 247 g/mol. The maximum Gasteiger partial charge on any atom is 0.0547 e. The van der Waals surface area contributed by atoms with Crippen LogP contribution in [0.15, 0.2) is 30.9 Å². The molecule has 100 valence electrons. The Morgan fingerprint density at radius 3 is 2.89 bits per heavy atom. The Morgan fingerprint density at radius 1 is 1.50 bits per heavy atom. The summed E-state index contributed by atoms with van der Waals surface area (Å²) in [6, 6.07) is 6.71. The van der Waals surface area contributed by atoms with Gasteiger partial charge in [-0.2, -0.15) is 0 Å². The topological polar surface area (TPSA) is 28.2 Å². The molecule has 0 fully saturated rings. The van der Waals surface area contributed by atoms with E-state index in [1.807, 2.05) is 19.1 Å². The molecule has 1 unspecified atom stereocenters.